The molecule has 1 aromatic heterocycles. The quantitative estimate of drug-likeness (QED) is 0.733. The first-order valence-corrected chi connectivity index (χ1v) is 9.26. The topological polar surface area (TPSA) is 96.3 Å². The number of carbonyl (C=O) groups excluding carboxylic acids is 1. The number of imidazole rings is 1. The van der Waals surface area contributed by atoms with Gasteiger partial charge < -0.3 is 14.8 Å². The Morgan fingerprint density at radius 3 is 2.83 bits per heavy atom. The molecule has 130 valence electrons. The molecule has 0 spiro atoms. The molecular weight excluding hydrogens is 318 g/mol. The van der Waals surface area contributed by atoms with E-state index in [9.17, 15) is 13.2 Å². The minimum absolute atomic E-state index is 0.0156. The van der Waals surface area contributed by atoms with E-state index in [4.69, 9.17) is 0 Å². The van der Waals surface area contributed by atoms with Crippen molar-refractivity contribution in [1.29, 1.82) is 0 Å². The Hall–Kier alpha value is -1.45. The third kappa shape index (κ3) is 4.52. The van der Waals surface area contributed by atoms with Crippen LogP contribution in [0.15, 0.2) is 11.2 Å². The normalized spacial score (nSPS) is 19.1. The number of rotatable bonds is 6. The van der Waals surface area contributed by atoms with Crippen LogP contribution in [0.25, 0.3) is 0 Å². The third-order valence-corrected chi connectivity index (χ3v) is 5.51. The Kier molecular flexibility index (Phi) is 5.77. The highest BCUT2D eigenvalue weighted by molar-refractivity contribution is 7.89. The van der Waals surface area contributed by atoms with Crippen LogP contribution in [0, 0.1) is 6.92 Å². The fourth-order valence-electron chi connectivity index (χ4n) is 2.62. The van der Waals surface area contributed by atoms with E-state index in [-0.39, 0.29) is 23.9 Å². The number of nitrogens with zero attached hydrogens (tertiary/aromatic N) is 3. The predicted molar refractivity (Wildman–Crippen MR) is 86.4 cm³/mol. The van der Waals surface area contributed by atoms with Crippen molar-refractivity contribution in [3.63, 3.8) is 0 Å². The molecular formula is C14H25N5O3S. The fraction of sp³-hybridized carbons (Fsp3) is 0.714. The second kappa shape index (κ2) is 7.41. The second-order valence-electron chi connectivity index (χ2n) is 5.85. The lowest BCUT2D eigenvalue weighted by Gasteiger charge is -2.32. The summed E-state index contributed by atoms with van der Waals surface area (Å²) in [7, 11) is -0.0428. The maximum absolute atomic E-state index is 12.2. The molecule has 2 rings (SSSR count). The average Bonchev–Trinajstić information content (AvgIpc) is 2.87. The number of likely N-dealkylation sites (N-methyl/N-ethyl adjacent to an activating group) is 1. The number of aromatic nitrogens is 2. The molecule has 2 heterocycles. The van der Waals surface area contributed by atoms with Gasteiger partial charge in [0.15, 0.2) is 5.03 Å². The van der Waals surface area contributed by atoms with Gasteiger partial charge in [0.2, 0.25) is 5.91 Å². The number of sulfonamides is 1. The SMILES string of the molecule is CNC1CCCN(C(=O)CCNS(=O)(=O)c2cn(C)c(C)n2)C1. The van der Waals surface area contributed by atoms with Gasteiger partial charge in [0, 0.05) is 45.3 Å². The Bertz CT molecular complexity index is 636. The van der Waals surface area contributed by atoms with Gasteiger partial charge in [0.05, 0.1) is 0 Å². The molecule has 0 aliphatic carbocycles. The molecule has 0 bridgehead atoms. The van der Waals surface area contributed by atoms with Gasteiger partial charge in [-0.25, -0.2) is 18.1 Å². The van der Waals surface area contributed by atoms with Crippen molar-refractivity contribution in [3.8, 4) is 0 Å². The van der Waals surface area contributed by atoms with Gasteiger partial charge in [-0.2, -0.15) is 0 Å². The van der Waals surface area contributed by atoms with Gasteiger partial charge in [-0.1, -0.05) is 0 Å². The van der Waals surface area contributed by atoms with Crippen LogP contribution in [0.4, 0.5) is 0 Å². The summed E-state index contributed by atoms with van der Waals surface area (Å²) in [5.41, 5.74) is 0. The lowest BCUT2D eigenvalue weighted by atomic mass is 10.1. The van der Waals surface area contributed by atoms with Gasteiger partial charge in [-0.3, -0.25) is 4.79 Å². The lowest BCUT2D eigenvalue weighted by molar-refractivity contribution is -0.132. The third-order valence-electron chi connectivity index (χ3n) is 4.18. The van der Waals surface area contributed by atoms with E-state index in [0.717, 1.165) is 19.4 Å². The molecule has 23 heavy (non-hydrogen) atoms. The van der Waals surface area contributed by atoms with Crippen LogP contribution in [0.3, 0.4) is 0 Å². The van der Waals surface area contributed by atoms with E-state index in [1.54, 1.807) is 23.4 Å². The molecule has 8 nitrogen and oxygen atoms in total. The van der Waals surface area contributed by atoms with Crippen LogP contribution in [0.1, 0.15) is 25.1 Å². The maximum Gasteiger partial charge on any atom is 0.259 e. The zero-order valence-electron chi connectivity index (χ0n) is 13.9. The summed E-state index contributed by atoms with van der Waals surface area (Å²) in [5, 5.41) is 3.17. The first-order chi connectivity index (χ1) is 10.8. The molecule has 1 unspecified atom stereocenters. The first-order valence-electron chi connectivity index (χ1n) is 7.78. The maximum atomic E-state index is 12.2. The molecule has 1 saturated heterocycles. The van der Waals surface area contributed by atoms with Crippen molar-refractivity contribution in [2.45, 2.75) is 37.3 Å². The van der Waals surface area contributed by atoms with Crippen LogP contribution in [-0.4, -0.2) is 61.5 Å². The Morgan fingerprint density at radius 2 is 2.22 bits per heavy atom. The number of hydrogen-bond acceptors (Lipinski definition) is 5. The molecule has 0 radical (unpaired) electrons. The summed E-state index contributed by atoms with van der Waals surface area (Å²) in [6, 6.07) is 0.320. The van der Waals surface area contributed by atoms with Crippen LogP contribution in [0.2, 0.25) is 0 Å². The number of amides is 1. The number of likely N-dealkylation sites (tertiary alicyclic amines) is 1. The number of nitrogens with one attached hydrogen (secondary N) is 2. The molecule has 1 fully saturated rings. The van der Waals surface area contributed by atoms with Crippen LogP contribution in [0.5, 0.6) is 0 Å². The van der Waals surface area contributed by atoms with E-state index in [2.05, 4.69) is 15.0 Å². The van der Waals surface area contributed by atoms with E-state index >= 15 is 0 Å². The zero-order chi connectivity index (χ0) is 17.0. The van der Waals surface area contributed by atoms with E-state index < -0.39 is 10.0 Å². The molecule has 2 N–H and O–H groups in total. The molecule has 1 amide bonds. The van der Waals surface area contributed by atoms with Crippen molar-refractivity contribution in [2.75, 3.05) is 26.7 Å². The fourth-order valence-corrected chi connectivity index (χ4v) is 3.69. The van der Waals surface area contributed by atoms with Crippen LogP contribution >= 0.6 is 0 Å². The molecule has 9 heteroatoms. The highest BCUT2D eigenvalue weighted by atomic mass is 32.2. The van der Waals surface area contributed by atoms with E-state index in [1.807, 2.05) is 7.05 Å². The van der Waals surface area contributed by atoms with Gasteiger partial charge in [0.25, 0.3) is 10.0 Å². The Morgan fingerprint density at radius 1 is 1.48 bits per heavy atom. The number of hydrogen-bond donors (Lipinski definition) is 2. The molecule has 1 aliphatic heterocycles. The first kappa shape index (κ1) is 17.9. The summed E-state index contributed by atoms with van der Waals surface area (Å²) in [6.45, 7) is 3.24. The van der Waals surface area contributed by atoms with Crippen LogP contribution in [-0.2, 0) is 21.9 Å². The van der Waals surface area contributed by atoms with E-state index in [1.165, 1.54) is 6.20 Å². The predicted octanol–water partition coefficient (Wildman–Crippen LogP) is -0.393. The highest BCUT2D eigenvalue weighted by Gasteiger charge is 2.23. The smallest absolute Gasteiger partial charge is 0.259 e. The van der Waals surface area contributed by atoms with Gasteiger partial charge in [-0.05, 0) is 26.8 Å². The summed E-state index contributed by atoms with van der Waals surface area (Å²) < 4.78 is 28.4. The largest absolute Gasteiger partial charge is 0.341 e. The van der Waals surface area contributed by atoms with Crippen molar-refractivity contribution in [2.24, 2.45) is 7.05 Å². The minimum Gasteiger partial charge on any atom is -0.341 e. The average molecular weight is 343 g/mol. The van der Waals surface area contributed by atoms with Gasteiger partial charge in [0.1, 0.15) is 5.82 Å². The highest BCUT2D eigenvalue weighted by Crippen LogP contribution is 2.11. The van der Waals surface area contributed by atoms with Crippen molar-refractivity contribution in [3.05, 3.63) is 12.0 Å². The monoisotopic (exact) mass is 343 g/mol. The number of piperidine rings is 1. The van der Waals surface area contributed by atoms with Gasteiger partial charge >= 0.3 is 0 Å². The molecule has 1 aliphatic rings. The molecule has 1 aromatic rings. The lowest BCUT2D eigenvalue weighted by Crippen LogP contribution is -2.47. The zero-order valence-corrected chi connectivity index (χ0v) is 14.7. The Balaban J connectivity index is 1.85. The van der Waals surface area contributed by atoms with Crippen molar-refractivity contribution < 1.29 is 13.2 Å². The Labute approximate surface area is 137 Å². The number of aryl methyl sites for hydroxylation is 2. The summed E-state index contributed by atoms with van der Waals surface area (Å²) in [4.78, 5) is 18.0. The van der Waals surface area contributed by atoms with Crippen LogP contribution < -0.4 is 10.0 Å². The van der Waals surface area contributed by atoms with Gasteiger partial charge in [-0.15, -0.1) is 0 Å². The minimum atomic E-state index is -3.67. The standard InChI is InChI=1S/C14H25N5O3S/c1-11-17-13(10-18(11)3)23(21,22)16-7-6-14(20)19-8-4-5-12(9-19)15-2/h10,12,15-16H,4-9H2,1-3H3. The molecule has 0 aromatic carbocycles. The van der Waals surface area contributed by atoms with E-state index in [0.29, 0.717) is 18.4 Å². The van der Waals surface area contributed by atoms with Crippen molar-refractivity contribution >= 4 is 15.9 Å². The molecule has 0 saturated carbocycles. The summed E-state index contributed by atoms with van der Waals surface area (Å²) in [6.07, 6.45) is 3.64. The molecule has 1 atom stereocenters. The second-order valence-corrected chi connectivity index (χ2v) is 7.57. The van der Waals surface area contributed by atoms with Crippen molar-refractivity contribution in [1.82, 2.24) is 24.5 Å². The summed E-state index contributed by atoms with van der Waals surface area (Å²) in [5.74, 6) is 0.595. The number of carbonyl (C=O) groups is 1. The summed E-state index contributed by atoms with van der Waals surface area (Å²) >= 11 is 0.